The summed E-state index contributed by atoms with van der Waals surface area (Å²) in [5.74, 6) is 0. The topological polar surface area (TPSA) is 30.5 Å². The van der Waals surface area contributed by atoms with Crippen LogP contribution >= 0.6 is 0 Å². The molecule has 0 aliphatic carbocycles. The minimum atomic E-state index is 0.284. The zero-order chi connectivity index (χ0) is 8.65. The molecule has 3 heteroatoms. The van der Waals surface area contributed by atoms with E-state index in [1.807, 2.05) is 0 Å². The molecule has 0 aromatic heterocycles. The fraction of sp³-hybridized carbons (Fsp3) is 1.00. The first-order chi connectivity index (χ1) is 5.93. The molecule has 1 fully saturated rings. The van der Waals surface area contributed by atoms with Gasteiger partial charge in [-0.15, -0.1) is 0 Å². The van der Waals surface area contributed by atoms with E-state index < -0.39 is 0 Å². The summed E-state index contributed by atoms with van der Waals surface area (Å²) < 4.78 is 10.3. The molecule has 72 valence electrons. The number of ether oxygens (including phenoxy) is 2. The molecule has 1 unspecified atom stereocenters. The van der Waals surface area contributed by atoms with Crippen molar-refractivity contribution in [3.8, 4) is 0 Å². The van der Waals surface area contributed by atoms with E-state index in [0.717, 1.165) is 19.7 Å². The highest BCUT2D eigenvalue weighted by atomic mass is 16.7. The Morgan fingerprint density at radius 1 is 1.42 bits per heavy atom. The molecule has 12 heavy (non-hydrogen) atoms. The van der Waals surface area contributed by atoms with Crippen molar-refractivity contribution in [2.45, 2.75) is 32.3 Å². The normalized spacial score (nSPS) is 23.2. The number of rotatable bonds is 6. The number of nitrogens with one attached hydrogen (secondary N) is 1. The Morgan fingerprint density at radius 3 is 3.00 bits per heavy atom. The van der Waals surface area contributed by atoms with Gasteiger partial charge in [0.05, 0.1) is 12.7 Å². The second kappa shape index (κ2) is 6.40. The van der Waals surface area contributed by atoms with Crippen LogP contribution in [0.4, 0.5) is 0 Å². The van der Waals surface area contributed by atoms with E-state index in [-0.39, 0.29) is 6.10 Å². The van der Waals surface area contributed by atoms with Crippen molar-refractivity contribution in [3.63, 3.8) is 0 Å². The van der Waals surface area contributed by atoms with E-state index in [2.05, 4.69) is 12.2 Å². The maximum absolute atomic E-state index is 5.27. The quantitative estimate of drug-likeness (QED) is 0.611. The summed E-state index contributed by atoms with van der Waals surface area (Å²) in [4.78, 5) is 0. The molecule has 1 atom stereocenters. The summed E-state index contributed by atoms with van der Waals surface area (Å²) in [7, 11) is 0. The molecule has 0 aromatic carbocycles. The molecule has 1 rings (SSSR count). The van der Waals surface area contributed by atoms with Crippen molar-refractivity contribution < 1.29 is 9.47 Å². The SMILES string of the molecule is CCCCCNCC1COCO1. The Kier molecular flexibility index (Phi) is 5.32. The van der Waals surface area contributed by atoms with Crippen LogP contribution in [-0.2, 0) is 9.47 Å². The van der Waals surface area contributed by atoms with Gasteiger partial charge in [0.1, 0.15) is 6.79 Å². The maximum Gasteiger partial charge on any atom is 0.147 e. The van der Waals surface area contributed by atoms with Gasteiger partial charge in [-0.1, -0.05) is 19.8 Å². The lowest BCUT2D eigenvalue weighted by Gasteiger charge is -2.08. The van der Waals surface area contributed by atoms with Crippen LogP contribution in [0.3, 0.4) is 0 Å². The average molecular weight is 173 g/mol. The van der Waals surface area contributed by atoms with Crippen LogP contribution in [0.2, 0.25) is 0 Å². The highest BCUT2D eigenvalue weighted by Crippen LogP contribution is 2.00. The molecule has 1 N–H and O–H groups in total. The van der Waals surface area contributed by atoms with E-state index in [4.69, 9.17) is 9.47 Å². The van der Waals surface area contributed by atoms with E-state index in [9.17, 15) is 0 Å². The largest absolute Gasteiger partial charge is 0.353 e. The molecular weight excluding hydrogens is 154 g/mol. The van der Waals surface area contributed by atoms with Crippen LogP contribution in [0.25, 0.3) is 0 Å². The molecule has 1 aliphatic rings. The van der Waals surface area contributed by atoms with Crippen LogP contribution in [0.5, 0.6) is 0 Å². The van der Waals surface area contributed by atoms with E-state index in [0.29, 0.717) is 6.79 Å². The molecule has 3 nitrogen and oxygen atoms in total. The Bertz CT molecular complexity index is 103. The van der Waals surface area contributed by atoms with Gasteiger partial charge in [0, 0.05) is 6.54 Å². The fourth-order valence-electron chi connectivity index (χ4n) is 1.25. The molecule has 1 saturated heterocycles. The Morgan fingerprint density at radius 2 is 2.33 bits per heavy atom. The second-order valence-corrected chi connectivity index (χ2v) is 3.19. The van der Waals surface area contributed by atoms with Crippen molar-refractivity contribution in [3.05, 3.63) is 0 Å². The smallest absolute Gasteiger partial charge is 0.147 e. The molecule has 1 heterocycles. The lowest BCUT2D eigenvalue weighted by Crippen LogP contribution is -2.28. The van der Waals surface area contributed by atoms with Crippen LogP contribution < -0.4 is 5.32 Å². The summed E-state index contributed by atoms with van der Waals surface area (Å²) in [6, 6.07) is 0. The molecule has 0 aromatic rings. The highest BCUT2D eigenvalue weighted by molar-refractivity contribution is 4.63. The van der Waals surface area contributed by atoms with Gasteiger partial charge in [-0.05, 0) is 13.0 Å². The van der Waals surface area contributed by atoms with Gasteiger partial charge >= 0.3 is 0 Å². The fourth-order valence-corrected chi connectivity index (χ4v) is 1.25. The summed E-state index contributed by atoms with van der Waals surface area (Å²) in [5.41, 5.74) is 0. The van der Waals surface area contributed by atoms with Crippen molar-refractivity contribution in [2.75, 3.05) is 26.5 Å². The monoisotopic (exact) mass is 173 g/mol. The van der Waals surface area contributed by atoms with Crippen molar-refractivity contribution in [1.29, 1.82) is 0 Å². The van der Waals surface area contributed by atoms with E-state index in [1.54, 1.807) is 0 Å². The number of hydrogen-bond acceptors (Lipinski definition) is 3. The summed E-state index contributed by atoms with van der Waals surface area (Å²) in [6.07, 6.45) is 4.15. The minimum Gasteiger partial charge on any atom is -0.353 e. The van der Waals surface area contributed by atoms with Gasteiger partial charge < -0.3 is 14.8 Å². The molecular formula is C9H19NO2. The molecule has 0 spiro atoms. The van der Waals surface area contributed by atoms with Crippen molar-refractivity contribution in [1.82, 2.24) is 5.32 Å². The third kappa shape index (κ3) is 4.04. The minimum absolute atomic E-state index is 0.284. The van der Waals surface area contributed by atoms with Crippen molar-refractivity contribution >= 4 is 0 Å². The first-order valence-corrected chi connectivity index (χ1v) is 4.83. The van der Waals surface area contributed by atoms with Crippen LogP contribution in [0, 0.1) is 0 Å². The zero-order valence-corrected chi connectivity index (χ0v) is 7.84. The van der Waals surface area contributed by atoms with Crippen molar-refractivity contribution in [2.24, 2.45) is 0 Å². The summed E-state index contributed by atoms with van der Waals surface area (Å²) >= 11 is 0. The van der Waals surface area contributed by atoms with Gasteiger partial charge in [0.25, 0.3) is 0 Å². The van der Waals surface area contributed by atoms with Gasteiger partial charge in [0.2, 0.25) is 0 Å². The van der Waals surface area contributed by atoms with Crippen LogP contribution in [0.15, 0.2) is 0 Å². The third-order valence-electron chi connectivity index (χ3n) is 2.02. The van der Waals surface area contributed by atoms with Gasteiger partial charge in [-0.3, -0.25) is 0 Å². The Hall–Kier alpha value is -0.120. The maximum atomic E-state index is 5.27. The predicted molar refractivity (Wildman–Crippen MR) is 48.1 cm³/mol. The molecule has 0 amide bonds. The molecule has 1 aliphatic heterocycles. The van der Waals surface area contributed by atoms with Gasteiger partial charge in [-0.25, -0.2) is 0 Å². The first-order valence-electron chi connectivity index (χ1n) is 4.83. The van der Waals surface area contributed by atoms with E-state index >= 15 is 0 Å². The molecule has 0 saturated carbocycles. The Labute approximate surface area is 74.4 Å². The number of unbranched alkanes of at least 4 members (excludes halogenated alkanes) is 2. The highest BCUT2D eigenvalue weighted by Gasteiger charge is 2.14. The second-order valence-electron chi connectivity index (χ2n) is 3.19. The standard InChI is InChI=1S/C9H19NO2/c1-2-3-4-5-10-6-9-7-11-8-12-9/h9-10H,2-8H2,1H3. The van der Waals surface area contributed by atoms with Gasteiger partial charge in [-0.2, -0.15) is 0 Å². The van der Waals surface area contributed by atoms with Crippen LogP contribution in [-0.4, -0.2) is 32.6 Å². The summed E-state index contributed by atoms with van der Waals surface area (Å²) in [6.45, 7) is 5.48. The molecule has 0 radical (unpaired) electrons. The molecule has 0 bridgehead atoms. The lowest BCUT2D eigenvalue weighted by atomic mass is 10.2. The summed E-state index contributed by atoms with van der Waals surface area (Å²) in [5, 5.41) is 3.36. The number of hydrogen-bond donors (Lipinski definition) is 1. The average Bonchev–Trinajstić information content (AvgIpc) is 2.57. The van der Waals surface area contributed by atoms with E-state index in [1.165, 1.54) is 19.3 Å². The Balaban J connectivity index is 1.81. The lowest BCUT2D eigenvalue weighted by molar-refractivity contribution is 0.0470. The van der Waals surface area contributed by atoms with Crippen LogP contribution in [0.1, 0.15) is 26.2 Å². The third-order valence-corrected chi connectivity index (χ3v) is 2.02. The zero-order valence-electron chi connectivity index (χ0n) is 7.84. The first kappa shape index (κ1) is 9.96. The predicted octanol–water partition coefficient (Wildman–Crippen LogP) is 1.14. The van der Waals surface area contributed by atoms with Gasteiger partial charge in [0.15, 0.2) is 0 Å².